The van der Waals surface area contributed by atoms with Crippen LogP contribution in [0.3, 0.4) is 0 Å². The standard InChI is InChI=1S/2C13H13FO6S.Cu/c2*1-3-20-13(17)11(8(2)15)12(16)9-5-4-6-10(7-9)21(14,18)19;/h2*4-7,16H,3H2,1-2H3;. The van der Waals surface area contributed by atoms with Gasteiger partial charge in [-0.25, -0.2) is 9.59 Å². The number of esters is 2. The van der Waals surface area contributed by atoms with Crippen LogP contribution in [0.2, 0.25) is 0 Å². The van der Waals surface area contributed by atoms with Crippen LogP contribution < -0.4 is 0 Å². The Morgan fingerprint density at radius 1 is 0.674 bits per heavy atom. The van der Waals surface area contributed by atoms with Crippen LogP contribution in [0.1, 0.15) is 38.8 Å². The molecule has 0 spiro atoms. The average Bonchev–Trinajstić information content (AvgIpc) is 2.88. The summed E-state index contributed by atoms with van der Waals surface area (Å²) in [5, 5.41) is 20.0. The number of rotatable bonds is 10. The van der Waals surface area contributed by atoms with Crippen LogP contribution in [0.15, 0.2) is 69.5 Å². The minimum absolute atomic E-state index is 0. The van der Waals surface area contributed by atoms with E-state index in [2.05, 4.69) is 9.47 Å². The third kappa shape index (κ3) is 11.4. The molecule has 0 unspecified atom stereocenters. The van der Waals surface area contributed by atoms with E-state index < -0.39 is 76.4 Å². The Morgan fingerprint density at radius 3 is 1.21 bits per heavy atom. The van der Waals surface area contributed by atoms with Crippen LogP contribution >= 0.6 is 0 Å². The molecule has 2 aromatic carbocycles. The first-order valence-electron chi connectivity index (χ1n) is 11.7. The van der Waals surface area contributed by atoms with Crippen molar-refractivity contribution >= 4 is 55.5 Å². The molecule has 1 radical (unpaired) electrons. The van der Waals surface area contributed by atoms with Crippen LogP contribution in [-0.2, 0) is 66.2 Å². The smallest absolute Gasteiger partial charge is 0.345 e. The molecule has 43 heavy (non-hydrogen) atoms. The predicted octanol–water partition coefficient (Wildman–Crippen LogP) is 3.53. The fourth-order valence-corrected chi connectivity index (χ4v) is 4.12. The van der Waals surface area contributed by atoms with E-state index in [1.54, 1.807) is 0 Å². The molecule has 0 aliphatic heterocycles. The van der Waals surface area contributed by atoms with E-state index >= 15 is 0 Å². The van der Waals surface area contributed by atoms with E-state index in [1.165, 1.54) is 38.1 Å². The summed E-state index contributed by atoms with van der Waals surface area (Å²) in [6.07, 6.45) is 0. The van der Waals surface area contributed by atoms with Gasteiger partial charge in [0.15, 0.2) is 11.6 Å². The van der Waals surface area contributed by atoms with Gasteiger partial charge >= 0.3 is 32.4 Å². The second-order valence-electron chi connectivity index (χ2n) is 7.93. The first-order valence-corrected chi connectivity index (χ1v) is 14.5. The second kappa shape index (κ2) is 16.6. The topological polar surface area (TPSA) is 195 Å². The molecule has 0 saturated carbocycles. The number of carbonyl (C=O) groups excluding carboxylic acids is 4. The van der Waals surface area contributed by atoms with Gasteiger partial charge in [-0.2, -0.15) is 16.8 Å². The predicted molar refractivity (Wildman–Crippen MR) is 143 cm³/mol. The molecular formula is C26H26CuF2O12S2. The molecule has 17 heteroatoms. The molecule has 0 aliphatic rings. The van der Waals surface area contributed by atoms with Crippen molar-refractivity contribution in [2.45, 2.75) is 37.5 Å². The summed E-state index contributed by atoms with van der Waals surface area (Å²) < 4.78 is 78.4. The van der Waals surface area contributed by atoms with Crippen molar-refractivity contribution < 1.29 is 80.5 Å². The molecule has 0 amide bonds. The normalized spacial score (nSPS) is 12.2. The number of hydrogen-bond acceptors (Lipinski definition) is 12. The van der Waals surface area contributed by atoms with Crippen LogP contribution in [0.5, 0.6) is 0 Å². The third-order valence-corrected chi connectivity index (χ3v) is 6.55. The van der Waals surface area contributed by atoms with Gasteiger partial charge < -0.3 is 19.7 Å². The van der Waals surface area contributed by atoms with Gasteiger partial charge in [0.2, 0.25) is 0 Å². The number of aliphatic hydroxyl groups is 2. The number of ether oxygens (including phenoxy) is 2. The summed E-state index contributed by atoms with van der Waals surface area (Å²) in [6, 6.07) is 8.37. The molecule has 12 nitrogen and oxygen atoms in total. The van der Waals surface area contributed by atoms with Gasteiger partial charge in [-0.1, -0.05) is 24.3 Å². The largest absolute Gasteiger partial charge is 0.506 e. The Labute approximate surface area is 256 Å². The van der Waals surface area contributed by atoms with Crippen molar-refractivity contribution in [1.82, 2.24) is 0 Å². The molecule has 2 N–H and O–H groups in total. The average molecular weight is 696 g/mol. The van der Waals surface area contributed by atoms with E-state index in [1.807, 2.05) is 0 Å². The molecule has 239 valence electrons. The molecule has 0 heterocycles. The van der Waals surface area contributed by atoms with Crippen molar-refractivity contribution in [1.29, 1.82) is 0 Å². The van der Waals surface area contributed by atoms with Gasteiger partial charge in [0.05, 0.1) is 23.0 Å². The molecular weight excluding hydrogens is 670 g/mol. The maximum atomic E-state index is 12.9. The maximum Gasteiger partial charge on any atom is 0.345 e. The summed E-state index contributed by atoms with van der Waals surface area (Å²) in [6.45, 7) is 5.09. The van der Waals surface area contributed by atoms with Crippen LogP contribution in [0.25, 0.3) is 11.5 Å². The minimum atomic E-state index is -4.97. The van der Waals surface area contributed by atoms with E-state index in [4.69, 9.17) is 0 Å². The zero-order valence-corrected chi connectivity index (χ0v) is 25.5. The second-order valence-corrected chi connectivity index (χ2v) is 10.6. The van der Waals surface area contributed by atoms with E-state index in [0.717, 1.165) is 38.1 Å². The summed E-state index contributed by atoms with van der Waals surface area (Å²) in [5.41, 5.74) is -1.64. The van der Waals surface area contributed by atoms with Gasteiger partial charge in [0.1, 0.15) is 22.7 Å². The van der Waals surface area contributed by atoms with Crippen molar-refractivity contribution in [3.63, 3.8) is 0 Å². The Morgan fingerprint density at radius 2 is 0.977 bits per heavy atom. The number of Topliss-reactive ketones (excluding diaryl/α,β-unsaturated/α-hetero) is 2. The Hall–Kier alpha value is -3.92. The summed E-state index contributed by atoms with van der Waals surface area (Å²) in [7, 11) is -9.94. The zero-order chi connectivity index (χ0) is 32.4. The first kappa shape index (κ1) is 39.1. The Kier molecular flexibility index (Phi) is 15.1. The molecule has 0 aliphatic carbocycles. The molecule has 0 atom stereocenters. The van der Waals surface area contributed by atoms with Gasteiger partial charge in [-0.15, -0.1) is 7.77 Å². The van der Waals surface area contributed by atoms with Gasteiger partial charge in [0.25, 0.3) is 0 Å². The maximum absolute atomic E-state index is 12.9. The van der Waals surface area contributed by atoms with Gasteiger partial charge in [0, 0.05) is 28.2 Å². The minimum Gasteiger partial charge on any atom is -0.506 e. The number of ketones is 2. The third-order valence-electron chi connectivity index (χ3n) is 4.91. The number of hydrogen-bond donors (Lipinski definition) is 2. The Balaban J connectivity index is 0.000000802. The first-order chi connectivity index (χ1) is 19.4. The van der Waals surface area contributed by atoms with E-state index in [0.29, 0.717) is 0 Å². The van der Waals surface area contributed by atoms with Crippen LogP contribution in [0, 0.1) is 0 Å². The number of halogens is 2. The van der Waals surface area contributed by atoms with Crippen LogP contribution in [-0.4, -0.2) is 63.8 Å². The molecule has 2 rings (SSSR count). The SMILES string of the molecule is CCOC(=O)C(C(C)=O)=C(O)c1cccc(S(=O)(=O)F)c1.CCOC(=O)C(C(C)=O)=C(O)c1cccc(S(=O)(=O)F)c1.[Cu]. The van der Waals surface area contributed by atoms with E-state index in [9.17, 15) is 54.0 Å². The summed E-state index contributed by atoms with van der Waals surface area (Å²) in [4.78, 5) is 44.8. The number of carbonyl (C=O) groups is 4. The number of benzene rings is 2. The van der Waals surface area contributed by atoms with Crippen molar-refractivity contribution in [3.05, 3.63) is 70.8 Å². The van der Waals surface area contributed by atoms with E-state index in [-0.39, 0.29) is 41.4 Å². The zero-order valence-electron chi connectivity index (χ0n) is 22.9. The molecule has 0 fully saturated rings. The Bertz CT molecular complexity index is 1540. The fraction of sp³-hybridized carbons (Fsp3) is 0.231. The van der Waals surface area contributed by atoms with Crippen molar-refractivity contribution in [2.24, 2.45) is 0 Å². The molecule has 0 aromatic heterocycles. The molecule has 0 bridgehead atoms. The van der Waals surface area contributed by atoms with Gasteiger partial charge in [-0.05, 0) is 52.0 Å². The van der Waals surface area contributed by atoms with Gasteiger partial charge in [-0.3, -0.25) is 9.59 Å². The van der Waals surface area contributed by atoms with Crippen LogP contribution in [0.4, 0.5) is 7.77 Å². The molecule has 2 aromatic rings. The quantitative estimate of drug-likeness (QED) is 0.0699. The van der Waals surface area contributed by atoms with Crippen molar-refractivity contribution in [2.75, 3.05) is 13.2 Å². The number of aliphatic hydroxyl groups excluding tert-OH is 2. The fourth-order valence-electron chi connectivity index (χ4n) is 3.10. The van der Waals surface area contributed by atoms with Crippen molar-refractivity contribution in [3.8, 4) is 0 Å². The monoisotopic (exact) mass is 695 g/mol. The molecule has 0 saturated heterocycles. The summed E-state index contributed by atoms with van der Waals surface area (Å²) >= 11 is 0. The summed E-state index contributed by atoms with van der Waals surface area (Å²) in [5.74, 6) is -5.16.